The monoisotopic (exact) mass is 311 g/mol. The predicted molar refractivity (Wildman–Crippen MR) is 85.4 cm³/mol. The van der Waals surface area contributed by atoms with Crippen LogP contribution in [0.25, 0.3) is 0 Å². The van der Waals surface area contributed by atoms with Crippen molar-refractivity contribution in [1.29, 1.82) is 0 Å². The molecule has 22 heavy (non-hydrogen) atoms. The van der Waals surface area contributed by atoms with Gasteiger partial charge < -0.3 is 9.88 Å². The molecule has 5 nitrogen and oxygen atoms in total. The molecular formula is C16H13N3O2S. The number of hydrogen-bond acceptors (Lipinski definition) is 4. The van der Waals surface area contributed by atoms with Crippen molar-refractivity contribution >= 4 is 28.7 Å². The number of imidazole rings is 1. The van der Waals surface area contributed by atoms with Crippen LogP contribution in [0, 0.1) is 0 Å². The van der Waals surface area contributed by atoms with Crippen LogP contribution >= 0.6 is 11.3 Å². The molecule has 0 aliphatic heterocycles. The Morgan fingerprint density at radius 2 is 1.95 bits per heavy atom. The van der Waals surface area contributed by atoms with Gasteiger partial charge in [0.05, 0.1) is 4.88 Å². The Labute approximate surface area is 131 Å². The van der Waals surface area contributed by atoms with Gasteiger partial charge in [0.25, 0.3) is 5.91 Å². The van der Waals surface area contributed by atoms with E-state index in [-0.39, 0.29) is 11.7 Å². The maximum Gasteiger partial charge on any atom is 0.265 e. The second-order valence-electron chi connectivity index (χ2n) is 4.70. The largest absolute Gasteiger partial charge is 0.331 e. The van der Waals surface area contributed by atoms with E-state index in [0.717, 1.165) is 0 Å². The molecule has 0 unspecified atom stereocenters. The van der Waals surface area contributed by atoms with Crippen LogP contribution in [0.2, 0.25) is 0 Å². The highest BCUT2D eigenvalue weighted by molar-refractivity contribution is 7.12. The summed E-state index contributed by atoms with van der Waals surface area (Å²) in [6, 6.07) is 10.4. The lowest BCUT2D eigenvalue weighted by Gasteiger charge is -2.05. The Balaban J connectivity index is 1.74. The zero-order valence-corrected chi connectivity index (χ0v) is 12.6. The van der Waals surface area contributed by atoms with Crippen LogP contribution < -0.4 is 5.32 Å². The van der Waals surface area contributed by atoms with Crippen LogP contribution in [0.15, 0.2) is 54.2 Å². The van der Waals surface area contributed by atoms with Gasteiger partial charge in [-0.25, -0.2) is 4.98 Å². The number of nitrogens with one attached hydrogen (secondary N) is 1. The number of carbonyl (C=O) groups is 2. The zero-order valence-electron chi connectivity index (χ0n) is 11.8. The third kappa shape index (κ3) is 2.82. The zero-order chi connectivity index (χ0) is 15.5. The van der Waals surface area contributed by atoms with Crippen molar-refractivity contribution in [2.24, 2.45) is 7.05 Å². The summed E-state index contributed by atoms with van der Waals surface area (Å²) in [7, 11) is 1.77. The summed E-state index contributed by atoms with van der Waals surface area (Å²) in [5.41, 5.74) is 1.18. The fourth-order valence-electron chi connectivity index (χ4n) is 2.02. The topological polar surface area (TPSA) is 64.0 Å². The van der Waals surface area contributed by atoms with Crippen molar-refractivity contribution < 1.29 is 9.59 Å². The molecule has 0 atom stereocenters. The van der Waals surface area contributed by atoms with Crippen molar-refractivity contribution in [3.8, 4) is 0 Å². The Morgan fingerprint density at radius 1 is 1.18 bits per heavy atom. The molecule has 110 valence electrons. The number of nitrogens with zero attached hydrogens (tertiary/aromatic N) is 2. The molecule has 1 N–H and O–H groups in total. The lowest BCUT2D eigenvalue weighted by atomic mass is 10.1. The van der Waals surface area contributed by atoms with Crippen LogP contribution in [-0.4, -0.2) is 21.2 Å². The summed E-state index contributed by atoms with van der Waals surface area (Å²) >= 11 is 1.38. The first-order chi connectivity index (χ1) is 10.6. The highest BCUT2D eigenvalue weighted by Gasteiger charge is 2.14. The van der Waals surface area contributed by atoms with E-state index in [2.05, 4.69) is 10.3 Å². The van der Waals surface area contributed by atoms with E-state index in [9.17, 15) is 9.59 Å². The molecule has 0 spiro atoms. The lowest BCUT2D eigenvalue weighted by molar-refractivity contribution is 0.102. The van der Waals surface area contributed by atoms with E-state index in [1.807, 2.05) is 11.4 Å². The Kier molecular flexibility index (Phi) is 3.84. The molecule has 0 aliphatic rings. The molecule has 0 saturated heterocycles. The summed E-state index contributed by atoms with van der Waals surface area (Å²) in [5.74, 6) is 0.0807. The maximum absolute atomic E-state index is 12.3. The minimum absolute atomic E-state index is 0.149. The van der Waals surface area contributed by atoms with Crippen molar-refractivity contribution in [2.75, 3.05) is 5.32 Å². The van der Waals surface area contributed by atoms with Crippen molar-refractivity contribution in [1.82, 2.24) is 9.55 Å². The van der Waals surface area contributed by atoms with Gasteiger partial charge in [-0.05, 0) is 35.7 Å². The number of rotatable bonds is 4. The number of benzene rings is 1. The Bertz CT molecular complexity index is 804. The van der Waals surface area contributed by atoms with E-state index in [1.165, 1.54) is 11.3 Å². The van der Waals surface area contributed by atoms with Gasteiger partial charge in [0, 0.05) is 30.7 Å². The molecule has 1 aromatic carbocycles. The lowest BCUT2D eigenvalue weighted by Crippen LogP contribution is -2.11. The van der Waals surface area contributed by atoms with E-state index in [1.54, 1.807) is 54.3 Å². The molecule has 2 aromatic heterocycles. The molecule has 2 heterocycles. The Morgan fingerprint density at radius 3 is 2.55 bits per heavy atom. The van der Waals surface area contributed by atoms with Crippen LogP contribution in [0.5, 0.6) is 0 Å². The number of carbonyl (C=O) groups excluding carboxylic acids is 2. The second-order valence-corrected chi connectivity index (χ2v) is 5.65. The van der Waals surface area contributed by atoms with Crippen molar-refractivity contribution in [3.63, 3.8) is 0 Å². The molecule has 3 aromatic rings. The highest BCUT2D eigenvalue weighted by atomic mass is 32.1. The third-order valence-electron chi connectivity index (χ3n) is 3.17. The fourth-order valence-corrected chi connectivity index (χ4v) is 2.64. The van der Waals surface area contributed by atoms with Crippen LogP contribution in [0.3, 0.4) is 0 Å². The normalized spacial score (nSPS) is 10.4. The Hall–Kier alpha value is -2.73. The molecular weight excluding hydrogens is 298 g/mol. The summed E-state index contributed by atoms with van der Waals surface area (Å²) in [4.78, 5) is 28.9. The molecule has 0 aliphatic carbocycles. The van der Waals surface area contributed by atoms with Crippen LogP contribution in [0.1, 0.15) is 25.9 Å². The average molecular weight is 311 g/mol. The maximum atomic E-state index is 12.3. The smallest absolute Gasteiger partial charge is 0.265 e. The number of aromatic nitrogens is 2. The molecule has 6 heteroatoms. The van der Waals surface area contributed by atoms with Gasteiger partial charge in [0.1, 0.15) is 0 Å². The summed E-state index contributed by atoms with van der Waals surface area (Å²) < 4.78 is 1.68. The molecule has 3 rings (SSSR count). The first-order valence-corrected chi connectivity index (χ1v) is 7.50. The van der Waals surface area contributed by atoms with Gasteiger partial charge in [0.2, 0.25) is 5.78 Å². The number of hydrogen-bond donors (Lipinski definition) is 1. The van der Waals surface area contributed by atoms with Crippen molar-refractivity contribution in [3.05, 3.63) is 70.4 Å². The number of aryl methyl sites for hydroxylation is 1. The predicted octanol–water partition coefficient (Wildman–Crippen LogP) is 2.96. The van der Waals surface area contributed by atoms with E-state index >= 15 is 0 Å². The minimum atomic E-state index is -0.154. The summed E-state index contributed by atoms with van der Waals surface area (Å²) in [6.07, 6.45) is 3.31. The molecule has 1 amide bonds. The average Bonchev–Trinajstić information content (AvgIpc) is 3.18. The number of thiophene rings is 1. The standard InChI is InChI=1S/C16H13N3O2S/c1-19-9-8-17-15(19)14(20)11-4-6-12(7-5-11)18-16(21)13-3-2-10-22-13/h2-10H,1H3,(H,18,21). The van der Waals surface area contributed by atoms with Gasteiger partial charge in [-0.3, -0.25) is 9.59 Å². The number of ketones is 1. The minimum Gasteiger partial charge on any atom is -0.331 e. The number of amides is 1. The van der Waals surface area contributed by atoms with Gasteiger partial charge in [-0.1, -0.05) is 6.07 Å². The molecule has 0 bridgehead atoms. The second kappa shape index (κ2) is 5.95. The van der Waals surface area contributed by atoms with E-state index < -0.39 is 0 Å². The van der Waals surface area contributed by atoms with E-state index in [4.69, 9.17) is 0 Å². The highest BCUT2D eigenvalue weighted by Crippen LogP contribution is 2.15. The molecule has 0 radical (unpaired) electrons. The molecule has 0 fully saturated rings. The van der Waals surface area contributed by atoms with Crippen molar-refractivity contribution in [2.45, 2.75) is 0 Å². The fraction of sp³-hybridized carbons (Fsp3) is 0.0625. The first kappa shape index (κ1) is 14.2. The van der Waals surface area contributed by atoms with Gasteiger partial charge >= 0.3 is 0 Å². The summed E-state index contributed by atoms with van der Waals surface area (Å²) in [6.45, 7) is 0. The third-order valence-corrected chi connectivity index (χ3v) is 4.04. The first-order valence-electron chi connectivity index (χ1n) is 6.62. The quantitative estimate of drug-likeness (QED) is 0.753. The van der Waals surface area contributed by atoms with Gasteiger partial charge in [-0.15, -0.1) is 11.3 Å². The van der Waals surface area contributed by atoms with E-state index in [0.29, 0.717) is 22.0 Å². The number of anilines is 1. The van der Waals surface area contributed by atoms with Gasteiger partial charge in [0.15, 0.2) is 5.82 Å². The van der Waals surface area contributed by atoms with Crippen LogP contribution in [-0.2, 0) is 7.05 Å². The SMILES string of the molecule is Cn1ccnc1C(=O)c1ccc(NC(=O)c2cccs2)cc1. The summed E-state index contributed by atoms with van der Waals surface area (Å²) in [5, 5.41) is 4.65. The van der Waals surface area contributed by atoms with Crippen LogP contribution in [0.4, 0.5) is 5.69 Å². The molecule has 0 saturated carbocycles. The van der Waals surface area contributed by atoms with Gasteiger partial charge in [-0.2, -0.15) is 0 Å².